The molecule has 0 aliphatic heterocycles. The maximum absolute atomic E-state index is 13.2. The van der Waals surface area contributed by atoms with Gasteiger partial charge in [-0.3, -0.25) is 4.68 Å². The number of hydrogen-bond acceptors (Lipinski definition) is 1. The van der Waals surface area contributed by atoms with Crippen LogP contribution in [0.4, 0.5) is 8.78 Å². The second-order valence-corrected chi connectivity index (χ2v) is 4.29. The van der Waals surface area contributed by atoms with Crippen molar-refractivity contribution in [3.8, 4) is 0 Å². The first kappa shape index (κ1) is 10.6. The number of aryl methyl sites for hydroxylation is 1. The highest BCUT2D eigenvalue weighted by atomic mass is 19.3. The van der Waals surface area contributed by atoms with Crippen LogP contribution in [-0.2, 0) is 6.42 Å². The van der Waals surface area contributed by atoms with Gasteiger partial charge in [0.05, 0.1) is 12.2 Å². The third-order valence-corrected chi connectivity index (χ3v) is 3.05. The maximum Gasteiger partial charge on any atom is 0.250 e. The Morgan fingerprint density at radius 2 is 2.40 bits per heavy atom. The summed E-state index contributed by atoms with van der Waals surface area (Å²) in [6, 6.07) is -0.117. The highest BCUT2D eigenvalue weighted by Crippen LogP contribution is 2.38. The third-order valence-electron chi connectivity index (χ3n) is 3.05. The molecule has 1 aliphatic rings. The van der Waals surface area contributed by atoms with Gasteiger partial charge < -0.3 is 0 Å². The van der Waals surface area contributed by atoms with Gasteiger partial charge in [-0.2, -0.15) is 5.10 Å². The lowest BCUT2D eigenvalue weighted by Gasteiger charge is -2.28. The first-order valence-corrected chi connectivity index (χ1v) is 5.51. The summed E-state index contributed by atoms with van der Waals surface area (Å²) in [6.45, 7) is 2.04. The molecule has 1 unspecified atom stereocenters. The normalized spacial score (nSPS) is 25.4. The molecule has 1 heterocycles. The van der Waals surface area contributed by atoms with Gasteiger partial charge in [0.2, 0.25) is 5.92 Å². The molecule has 2 rings (SSSR count). The lowest BCUT2D eigenvalue weighted by molar-refractivity contribution is -0.0512. The lowest BCUT2D eigenvalue weighted by atomic mass is 9.92. The zero-order chi connectivity index (χ0) is 10.9. The van der Waals surface area contributed by atoms with E-state index in [1.54, 1.807) is 10.9 Å². The van der Waals surface area contributed by atoms with Crippen LogP contribution in [0, 0.1) is 0 Å². The van der Waals surface area contributed by atoms with E-state index < -0.39 is 5.92 Å². The predicted molar refractivity (Wildman–Crippen MR) is 54.1 cm³/mol. The summed E-state index contributed by atoms with van der Waals surface area (Å²) in [4.78, 5) is 0. The minimum absolute atomic E-state index is 0.0331. The summed E-state index contributed by atoms with van der Waals surface area (Å²) in [5.74, 6) is -2.50. The second-order valence-electron chi connectivity index (χ2n) is 4.29. The van der Waals surface area contributed by atoms with Gasteiger partial charge in [-0.25, -0.2) is 8.78 Å². The molecular weight excluding hydrogens is 198 g/mol. The third kappa shape index (κ3) is 2.36. The van der Waals surface area contributed by atoms with Crippen molar-refractivity contribution in [2.75, 3.05) is 0 Å². The highest BCUT2D eigenvalue weighted by Gasteiger charge is 2.37. The van der Waals surface area contributed by atoms with Crippen molar-refractivity contribution in [2.24, 2.45) is 0 Å². The first-order valence-electron chi connectivity index (χ1n) is 5.51. The van der Waals surface area contributed by atoms with Crippen LogP contribution in [0.25, 0.3) is 0 Å². The van der Waals surface area contributed by atoms with E-state index in [0.29, 0.717) is 6.42 Å². The monoisotopic (exact) mass is 214 g/mol. The van der Waals surface area contributed by atoms with Crippen molar-refractivity contribution < 1.29 is 8.78 Å². The summed E-state index contributed by atoms with van der Waals surface area (Å²) in [7, 11) is 0. The van der Waals surface area contributed by atoms with Gasteiger partial charge in [0, 0.05) is 19.0 Å². The van der Waals surface area contributed by atoms with Crippen LogP contribution in [-0.4, -0.2) is 15.7 Å². The van der Waals surface area contributed by atoms with E-state index in [1.165, 1.54) is 0 Å². The van der Waals surface area contributed by atoms with Gasteiger partial charge in [0.15, 0.2) is 0 Å². The zero-order valence-electron chi connectivity index (χ0n) is 8.92. The van der Waals surface area contributed by atoms with Crippen LogP contribution in [0.3, 0.4) is 0 Å². The lowest BCUT2D eigenvalue weighted by Crippen LogP contribution is -2.28. The summed E-state index contributed by atoms with van der Waals surface area (Å²) in [5, 5.41) is 4.16. The van der Waals surface area contributed by atoms with Crippen molar-refractivity contribution in [2.45, 2.75) is 51.0 Å². The van der Waals surface area contributed by atoms with E-state index in [9.17, 15) is 8.78 Å². The Morgan fingerprint density at radius 1 is 1.60 bits per heavy atom. The summed E-state index contributed by atoms with van der Waals surface area (Å²) in [6.07, 6.45) is 5.96. The number of aromatic nitrogens is 2. The van der Waals surface area contributed by atoms with Crippen LogP contribution in [0.2, 0.25) is 0 Å². The molecule has 0 bridgehead atoms. The van der Waals surface area contributed by atoms with E-state index in [0.717, 1.165) is 18.4 Å². The van der Waals surface area contributed by atoms with Crippen molar-refractivity contribution in [3.63, 3.8) is 0 Å². The molecule has 1 aliphatic carbocycles. The average molecular weight is 214 g/mol. The van der Waals surface area contributed by atoms with Crippen LogP contribution in [0.1, 0.15) is 44.2 Å². The minimum Gasteiger partial charge on any atom is -0.269 e. The van der Waals surface area contributed by atoms with E-state index >= 15 is 0 Å². The molecule has 0 radical (unpaired) electrons. The molecule has 0 amide bonds. The average Bonchev–Trinajstić information content (AvgIpc) is 2.64. The second kappa shape index (κ2) is 3.91. The fourth-order valence-corrected chi connectivity index (χ4v) is 2.13. The van der Waals surface area contributed by atoms with Crippen LogP contribution >= 0.6 is 0 Å². The first-order chi connectivity index (χ1) is 7.11. The molecule has 0 spiro atoms. The van der Waals surface area contributed by atoms with Crippen LogP contribution < -0.4 is 0 Å². The van der Waals surface area contributed by atoms with E-state index in [4.69, 9.17) is 0 Å². The van der Waals surface area contributed by atoms with Crippen LogP contribution in [0.5, 0.6) is 0 Å². The molecule has 1 atom stereocenters. The zero-order valence-corrected chi connectivity index (χ0v) is 8.92. The smallest absolute Gasteiger partial charge is 0.250 e. The largest absolute Gasteiger partial charge is 0.269 e. The number of nitrogens with zero attached hydrogens (tertiary/aromatic N) is 2. The fourth-order valence-electron chi connectivity index (χ4n) is 2.13. The maximum atomic E-state index is 13.2. The van der Waals surface area contributed by atoms with Gasteiger partial charge in [-0.15, -0.1) is 0 Å². The van der Waals surface area contributed by atoms with Crippen molar-refractivity contribution in [3.05, 3.63) is 18.0 Å². The predicted octanol–water partition coefficient (Wildman–Crippen LogP) is 3.20. The van der Waals surface area contributed by atoms with Crippen molar-refractivity contribution in [1.29, 1.82) is 0 Å². The van der Waals surface area contributed by atoms with E-state index in [1.807, 2.05) is 13.1 Å². The number of rotatable bonds is 2. The molecule has 4 heteroatoms. The number of halogens is 2. The molecular formula is C11H16F2N2. The SMILES string of the molecule is CCc1cnn(C2CCCC(F)(F)C2)c1. The quantitative estimate of drug-likeness (QED) is 0.739. The Labute approximate surface area is 88.3 Å². The highest BCUT2D eigenvalue weighted by molar-refractivity contribution is 5.04. The van der Waals surface area contributed by atoms with Crippen LogP contribution in [0.15, 0.2) is 12.4 Å². The Hall–Kier alpha value is -0.930. The molecule has 2 nitrogen and oxygen atoms in total. The van der Waals surface area contributed by atoms with Gasteiger partial charge in [0.1, 0.15) is 0 Å². The Bertz CT molecular complexity index is 333. The van der Waals surface area contributed by atoms with Gasteiger partial charge in [-0.1, -0.05) is 6.92 Å². The fraction of sp³-hybridized carbons (Fsp3) is 0.727. The van der Waals surface area contributed by atoms with Crippen molar-refractivity contribution >= 4 is 0 Å². The molecule has 1 aromatic heterocycles. The van der Waals surface area contributed by atoms with Gasteiger partial charge >= 0.3 is 0 Å². The molecule has 84 valence electrons. The number of hydrogen-bond donors (Lipinski definition) is 0. The van der Waals surface area contributed by atoms with Crippen molar-refractivity contribution in [1.82, 2.24) is 9.78 Å². The van der Waals surface area contributed by atoms with Gasteiger partial charge in [-0.05, 0) is 24.8 Å². The van der Waals surface area contributed by atoms with E-state index in [-0.39, 0.29) is 18.9 Å². The standard InChI is InChI=1S/C11H16F2N2/c1-2-9-7-14-15(8-9)10-4-3-5-11(12,13)6-10/h7-8,10H,2-6H2,1H3. The summed E-state index contributed by atoms with van der Waals surface area (Å²) in [5.41, 5.74) is 1.11. The topological polar surface area (TPSA) is 17.8 Å². The molecule has 1 aromatic rings. The summed E-state index contributed by atoms with van der Waals surface area (Å²) < 4.78 is 28.1. The Balaban J connectivity index is 2.10. The molecule has 1 saturated carbocycles. The minimum atomic E-state index is -2.50. The molecule has 15 heavy (non-hydrogen) atoms. The van der Waals surface area contributed by atoms with E-state index in [2.05, 4.69) is 5.10 Å². The number of alkyl halides is 2. The molecule has 0 saturated heterocycles. The molecule has 1 fully saturated rings. The summed E-state index contributed by atoms with van der Waals surface area (Å²) >= 11 is 0. The Morgan fingerprint density at radius 3 is 3.00 bits per heavy atom. The Kier molecular flexibility index (Phi) is 2.76. The van der Waals surface area contributed by atoms with Gasteiger partial charge in [0.25, 0.3) is 0 Å². The molecule has 0 aromatic carbocycles. The molecule has 0 N–H and O–H groups in total.